The van der Waals surface area contributed by atoms with Crippen LogP contribution in [-0.2, 0) is 0 Å². The van der Waals surface area contributed by atoms with E-state index in [1.54, 1.807) is 0 Å². The van der Waals surface area contributed by atoms with E-state index < -0.39 is 0 Å². The zero-order chi connectivity index (χ0) is 20.5. The van der Waals surface area contributed by atoms with Gasteiger partial charge < -0.3 is 24.8 Å². The fourth-order valence-corrected chi connectivity index (χ4v) is 5.23. The first-order valence-corrected chi connectivity index (χ1v) is 10.8. The first-order chi connectivity index (χ1) is 14.7. The quantitative estimate of drug-likeness (QED) is 0.387. The summed E-state index contributed by atoms with van der Waals surface area (Å²) in [4.78, 5) is 6.39. The van der Waals surface area contributed by atoms with E-state index in [9.17, 15) is 0 Å². The molecule has 0 saturated heterocycles. The van der Waals surface area contributed by atoms with Crippen LogP contribution in [0.1, 0.15) is 57.1 Å². The second-order valence-electron chi connectivity index (χ2n) is 8.59. The Morgan fingerprint density at radius 1 is 0.406 bits per heavy atom. The van der Waals surface area contributed by atoms with Crippen LogP contribution in [0.3, 0.4) is 0 Å². The monoisotopic (exact) mass is 462 g/mol. The third-order valence-corrected chi connectivity index (χ3v) is 6.73. The number of aryl methyl sites for hydroxylation is 2. The van der Waals surface area contributed by atoms with E-state index >= 15 is 0 Å². The highest BCUT2D eigenvalue weighted by Gasteiger charge is 2.52. The van der Waals surface area contributed by atoms with Gasteiger partial charge in [-0.1, -0.05) is 59.7 Å². The topological polar surface area (TPSA) is 28.3 Å². The molecule has 0 radical (unpaired) electrons. The van der Waals surface area contributed by atoms with Crippen LogP contribution >= 0.6 is 0 Å². The van der Waals surface area contributed by atoms with Gasteiger partial charge in [-0.3, -0.25) is 0 Å². The van der Waals surface area contributed by atoms with Crippen molar-refractivity contribution in [2.24, 2.45) is 0 Å². The Kier molecular flexibility index (Phi) is 7.71. The Morgan fingerprint density at radius 2 is 0.656 bits per heavy atom. The van der Waals surface area contributed by atoms with Crippen molar-refractivity contribution in [1.29, 1.82) is 0 Å². The minimum absolute atomic E-state index is 0. The smallest absolute Gasteiger partial charge is 0.167 e. The van der Waals surface area contributed by atoms with Crippen molar-refractivity contribution in [3.63, 3.8) is 0 Å². The Morgan fingerprint density at radius 3 is 0.938 bits per heavy atom. The summed E-state index contributed by atoms with van der Waals surface area (Å²) in [6, 6.07) is 27.3. The van der Waals surface area contributed by atoms with Gasteiger partial charge >= 0.3 is 0 Å². The maximum absolute atomic E-state index is 3.20. The number of aromatic amines is 2. The van der Waals surface area contributed by atoms with Crippen molar-refractivity contribution in [3.05, 3.63) is 131 Å². The molecule has 2 unspecified atom stereocenters. The van der Waals surface area contributed by atoms with Gasteiger partial charge in [-0.15, -0.1) is 0 Å². The summed E-state index contributed by atoms with van der Waals surface area (Å²) in [7, 11) is 0. The van der Waals surface area contributed by atoms with E-state index in [0.29, 0.717) is 23.7 Å². The normalized spacial score (nSPS) is 21.6. The number of H-pyrrole nitrogens is 2. The van der Waals surface area contributed by atoms with Crippen LogP contribution in [0.5, 0.6) is 0 Å². The molecule has 1 fully saturated rings. The molecule has 5 rings (SSSR count). The zero-order valence-corrected chi connectivity index (χ0v) is 19.8. The van der Waals surface area contributed by atoms with E-state index in [2.05, 4.69) is 121 Å². The third-order valence-electron chi connectivity index (χ3n) is 6.73. The summed E-state index contributed by atoms with van der Waals surface area (Å²) in [5.74, 6) is 1.78. The predicted octanol–water partition coefficient (Wildman–Crippen LogP) is -0.612. The number of halogens is 2. The fraction of sp³-hybridized carbons (Fsp3) is 0.214. The maximum Gasteiger partial charge on any atom is 0.167 e. The fourth-order valence-electron chi connectivity index (χ4n) is 5.23. The summed E-state index contributed by atoms with van der Waals surface area (Å²) >= 11 is 0. The summed E-state index contributed by atoms with van der Waals surface area (Å²) in [5, 5.41) is 0. The molecule has 1 aliphatic carbocycles. The van der Waals surface area contributed by atoms with Crippen molar-refractivity contribution in [2.45, 2.75) is 37.5 Å². The minimum atomic E-state index is 0. The van der Waals surface area contributed by atoms with Gasteiger partial charge in [0.1, 0.15) is 0 Å². The van der Waals surface area contributed by atoms with Crippen molar-refractivity contribution in [3.8, 4) is 0 Å². The lowest BCUT2D eigenvalue weighted by molar-refractivity contribution is -0.378. The van der Waals surface area contributed by atoms with E-state index in [1.807, 2.05) is 0 Å². The van der Waals surface area contributed by atoms with Crippen LogP contribution in [-0.4, -0.2) is 0 Å². The van der Waals surface area contributed by atoms with Crippen LogP contribution < -0.4 is 34.8 Å². The molecule has 164 valence electrons. The molecule has 2 aromatic heterocycles. The van der Waals surface area contributed by atoms with Gasteiger partial charge in [0.15, 0.2) is 24.8 Å². The molecule has 2 N–H and O–H groups in total. The van der Waals surface area contributed by atoms with Crippen LogP contribution in [0.4, 0.5) is 0 Å². The largest absolute Gasteiger partial charge is 1.00 e. The van der Waals surface area contributed by atoms with Crippen molar-refractivity contribution in [2.75, 3.05) is 0 Å². The molecule has 0 aliphatic heterocycles. The number of rotatable bonds is 4. The van der Waals surface area contributed by atoms with E-state index in [4.69, 9.17) is 0 Å². The zero-order valence-electron chi connectivity index (χ0n) is 18.3. The van der Waals surface area contributed by atoms with E-state index in [1.165, 1.54) is 33.4 Å². The molecule has 2 heterocycles. The van der Waals surface area contributed by atoms with Gasteiger partial charge in [-0.2, -0.15) is 0 Å². The number of aromatic nitrogens is 2. The molecular weight excluding hydrogens is 435 g/mol. The number of hydrogen-bond donors (Lipinski definition) is 0. The van der Waals surface area contributed by atoms with Crippen molar-refractivity contribution < 1.29 is 34.8 Å². The molecule has 1 aliphatic rings. The van der Waals surface area contributed by atoms with E-state index in [-0.39, 0.29) is 24.8 Å². The van der Waals surface area contributed by atoms with Gasteiger partial charge in [-0.05, 0) is 59.8 Å². The highest BCUT2D eigenvalue weighted by atomic mass is 35.5. The first kappa shape index (κ1) is 24.0. The predicted molar refractivity (Wildman–Crippen MR) is 119 cm³/mol. The summed E-state index contributed by atoms with van der Waals surface area (Å²) in [6.45, 7) is 4.32. The van der Waals surface area contributed by atoms with Gasteiger partial charge in [0.05, 0.1) is 0 Å². The van der Waals surface area contributed by atoms with Gasteiger partial charge in [-0.25, -0.2) is 9.97 Å². The SMILES string of the molecule is Cc1ccc(C2[C@@H](c3cc[nH+]cc3)C(c3cc[nH+]cc3)[C@H]2c2ccc(C)cc2)cc1.[Cl-].[Cl-]. The average molecular weight is 463 g/mol. The molecule has 2 aromatic carbocycles. The molecule has 4 atom stereocenters. The van der Waals surface area contributed by atoms with Crippen molar-refractivity contribution in [1.82, 2.24) is 0 Å². The number of benzene rings is 2. The highest BCUT2D eigenvalue weighted by molar-refractivity contribution is 5.47. The lowest BCUT2D eigenvalue weighted by Gasteiger charge is -2.53. The van der Waals surface area contributed by atoms with Crippen molar-refractivity contribution >= 4 is 0 Å². The van der Waals surface area contributed by atoms with Crippen LogP contribution in [0, 0.1) is 13.8 Å². The lowest BCUT2D eigenvalue weighted by atomic mass is 9.49. The Hall–Kier alpha value is -2.68. The summed E-state index contributed by atoms with van der Waals surface area (Å²) in [5.41, 5.74) is 8.29. The summed E-state index contributed by atoms with van der Waals surface area (Å²) < 4.78 is 0. The summed E-state index contributed by atoms with van der Waals surface area (Å²) in [6.07, 6.45) is 8.21. The van der Waals surface area contributed by atoms with Crippen LogP contribution in [0.15, 0.2) is 97.6 Å². The Bertz CT molecular complexity index is 1020. The highest BCUT2D eigenvalue weighted by Crippen LogP contribution is 2.66. The molecule has 0 spiro atoms. The molecule has 4 aromatic rings. The molecule has 32 heavy (non-hydrogen) atoms. The second-order valence-corrected chi connectivity index (χ2v) is 8.59. The van der Waals surface area contributed by atoms with E-state index in [0.717, 1.165) is 0 Å². The Labute approximate surface area is 203 Å². The molecule has 1 saturated carbocycles. The van der Waals surface area contributed by atoms with Crippen LogP contribution in [0.25, 0.3) is 0 Å². The van der Waals surface area contributed by atoms with Gasteiger partial charge in [0.2, 0.25) is 0 Å². The number of nitrogens with one attached hydrogen (secondary N) is 2. The molecular formula is C28H28Cl2N2. The average Bonchev–Trinajstić information content (AvgIpc) is 2.77. The first-order valence-electron chi connectivity index (χ1n) is 10.8. The second kappa shape index (κ2) is 10.3. The minimum Gasteiger partial charge on any atom is -1.00 e. The molecule has 4 heteroatoms. The van der Waals surface area contributed by atoms with Gasteiger partial charge in [0.25, 0.3) is 0 Å². The third kappa shape index (κ3) is 4.44. The maximum atomic E-state index is 3.20. The Balaban J connectivity index is 0.00000144. The molecule has 0 bridgehead atoms. The van der Waals surface area contributed by atoms with Crippen LogP contribution in [0.2, 0.25) is 0 Å². The van der Waals surface area contributed by atoms with Gasteiger partial charge in [0, 0.05) is 24.3 Å². The molecule has 2 nitrogen and oxygen atoms in total. The lowest BCUT2D eigenvalue weighted by Crippen LogP contribution is -3.00. The molecule has 0 amide bonds. The number of hydrogen-bond acceptors (Lipinski definition) is 0. The standard InChI is InChI=1S/C28H26N2.2ClH/c1-19-3-7-21(8-4-19)25-26(22-9-5-20(2)6-10-22)28(24-13-17-30-18-14-24)27(25)23-11-15-29-16-12-23;;/h3-18,25-28H,1-2H3;2*1H/t25-,26?,27?,28+;;/m0../s1. The number of pyridine rings is 2.